The first-order valence-corrected chi connectivity index (χ1v) is 10.2. The van der Waals surface area contributed by atoms with E-state index in [9.17, 15) is 0 Å². The normalized spacial score (nSPS) is 13.0. The Bertz CT molecular complexity index is 1550. The first kappa shape index (κ1) is 14.0. The highest BCUT2D eigenvalue weighted by atomic mass is 32.1. The summed E-state index contributed by atoms with van der Waals surface area (Å²) in [5.41, 5.74) is 6.97. The molecule has 6 aromatic rings. The highest BCUT2D eigenvalue weighted by Crippen LogP contribution is 2.49. The molecule has 0 amide bonds. The van der Waals surface area contributed by atoms with Crippen molar-refractivity contribution in [2.24, 2.45) is 0 Å². The Morgan fingerprint density at radius 2 is 1.48 bits per heavy atom. The molecule has 0 aliphatic carbocycles. The standard InChI is InChI=1S/C25H15NS/c1-2-8-16-15(7-1)14-26-21-11-5-3-9-17(21)19-13-20-18-10-4-6-12-22(18)27-25(20)23(16)24(19)26/h1-13H,14H2. The molecule has 0 radical (unpaired) electrons. The molecule has 1 nitrogen and oxygen atoms in total. The van der Waals surface area contributed by atoms with Crippen molar-refractivity contribution >= 4 is 53.3 Å². The number of benzene rings is 4. The summed E-state index contributed by atoms with van der Waals surface area (Å²) in [7, 11) is 0. The Morgan fingerprint density at radius 3 is 2.44 bits per heavy atom. The summed E-state index contributed by atoms with van der Waals surface area (Å²) in [6.07, 6.45) is 0. The van der Waals surface area contributed by atoms with E-state index in [2.05, 4.69) is 83.4 Å². The summed E-state index contributed by atoms with van der Waals surface area (Å²) >= 11 is 1.93. The molecule has 27 heavy (non-hydrogen) atoms. The van der Waals surface area contributed by atoms with Gasteiger partial charge >= 0.3 is 0 Å². The van der Waals surface area contributed by atoms with E-state index in [4.69, 9.17) is 0 Å². The average molecular weight is 361 g/mol. The summed E-state index contributed by atoms with van der Waals surface area (Å²) < 4.78 is 5.31. The zero-order chi connectivity index (χ0) is 17.5. The fourth-order valence-corrected chi connectivity index (χ4v) is 6.12. The number of hydrogen-bond acceptors (Lipinski definition) is 1. The molecule has 2 heteroatoms. The summed E-state index contributed by atoms with van der Waals surface area (Å²) in [5, 5.41) is 5.50. The van der Waals surface area contributed by atoms with E-state index in [1.165, 1.54) is 58.7 Å². The van der Waals surface area contributed by atoms with Crippen LogP contribution in [-0.4, -0.2) is 4.57 Å². The highest BCUT2D eigenvalue weighted by molar-refractivity contribution is 7.26. The van der Waals surface area contributed by atoms with Crippen LogP contribution in [0, 0.1) is 0 Å². The van der Waals surface area contributed by atoms with Gasteiger partial charge in [-0.25, -0.2) is 0 Å². The number of fused-ring (bicyclic) bond motifs is 9. The van der Waals surface area contributed by atoms with Crippen LogP contribution < -0.4 is 0 Å². The molecule has 0 unspecified atom stereocenters. The lowest BCUT2D eigenvalue weighted by molar-refractivity contribution is 0.861. The molecule has 0 fully saturated rings. The van der Waals surface area contributed by atoms with Crippen LogP contribution in [0.15, 0.2) is 78.9 Å². The molecular weight excluding hydrogens is 346 g/mol. The third kappa shape index (κ3) is 1.65. The molecule has 0 saturated carbocycles. The molecule has 1 aliphatic heterocycles. The van der Waals surface area contributed by atoms with E-state index < -0.39 is 0 Å². The second-order valence-electron chi connectivity index (χ2n) is 7.38. The molecular formula is C25H15NS. The smallest absolute Gasteiger partial charge is 0.0589 e. The van der Waals surface area contributed by atoms with Gasteiger partial charge in [0.05, 0.1) is 5.52 Å². The Kier molecular flexibility index (Phi) is 2.49. The van der Waals surface area contributed by atoms with Crippen molar-refractivity contribution in [3.63, 3.8) is 0 Å². The van der Waals surface area contributed by atoms with E-state index >= 15 is 0 Å². The van der Waals surface area contributed by atoms with Crippen molar-refractivity contribution in [1.82, 2.24) is 4.57 Å². The number of aromatic nitrogens is 1. The van der Waals surface area contributed by atoms with Crippen molar-refractivity contribution in [2.45, 2.75) is 6.54 Å². The van der Waals surface area contributed by atoms with E-state index in [1.807, 2.05) is 11.3 Å². The molecule has 0 spiro atoms. The van der Waals surface area contributed by atoms with Crippen LogP contribution in [0.5, 0.6) is 0 Å². The topological polar surface area (TPSA) is 4.93 Å². The lowest BCUT2D eigenvalue weighted by Gasteiger charge is -2.21. The van der Waals surface area contributed by atoms with Gasteiger partial charge in [0.15, 0.2) is 0 Å². The first-order chi connectivity index (χ1) is 13.4. The Morgan fingerprint density at radius 1 is 0.704 bits per heavy atom. The van der Waals surface area contributed by atoms with Crippen LogP contribution in [0.4, 0.5) is 0 Å². The van der Waals surface area contributed by atoms with Gasteiger partial charge in [0.2, 0.25) is 0 Å². The molecule has 0 N–H and O–H groups in total. The molecule has 0 atom stereocenters. The lowest BCUT2D eigenvalue weighted by Crippen LogP contribution is -2.07. The van der Waals surface area contributed by atoms with Crippen LogP contribution in [0.1, 0.15) is 5.56 Å². The number of thiophene rings is 1. The van der Waals surface area contributed by atoms with E-state index in [0.29, 0.717) is 0 Å². The summed E-state index contributed by atoms with van der Waals surface area (Å²) in [6.45, 7) is 0.948. The van der Waals surface area contributed by atoms with Gasteiger partial charge in [-0.3, -0.25) is 0 Å². The lowest BCUT2D eigenvalue weighted by atomic mass is 9.93. The first-order valence-electron chi connectivity index (χ1n) is 9.33. The molecule has 7 rings (SSSR count). The predicted molar refractivity (Wildman–Crippen MR) is 117 cm³/mol. The zero-order valence-corrected chi connectivity index (χ0v) is 15.4. The van der Waals surface area contributed by atoms with Gasteiger partial charge < -0.3 is 4.57 Å². The van der Waals surface area contributed by atoms with Gasteiger partial charge in [-0.15, -0.1) is 11.3 Å². The second-order valence-corrected chi connectivity index (χ2v) is 8.44. The van der Waals surface area contributed by atoms with Crippen LogP contribution >= 0.6 is 11.3 Å². The number of para-hydroxylation sites is 1. The van der Waals surface area contributed by atoms with E-state index in [-0.39, 0.29) is 0 Å². The number of nitrogens with zero attached hydrogens (tertiary/aromatic N) is 1. The van der Waals surface area contributed by atoms with Gasteiger partial charge in [-0.05, 0) is 29.3 Å². The van der Waals surface area contributed by atoms with Crippen molar-refractivity contribution in [3.8, 4) is 11.1 Å². The van der Waals surface area contributed by atoms with Gasteiger partial charge in [0.1, 0.15) is 0 Å². The monoisotopic (exact) mass is 361 g/mol. The zero-order valence-electron chi connectivity index (χ0n) is 14.6. The third-order valence-corrected chi connectivity index (χ3v) is 7.22. The predicted octanol–water partition coefficient (Wildman–Crippen LogP) is 7.19. The van der Waals surface area contributed by atoms with Crippen LogP contribution in [0.25, 0.3) is 53.1 Å². The molecule has 4 aromatic carbocycles. The van der Waals surface area contributed by atoms with Crippen molar-refractivity contribution < 1.29 is 0 Å². The van der Waals surface area contributed by atoms with Crippen LogP contribution in [0.2, 0.25) is 0 Å². The molecule has 1 aliphatic rings. The molecule has 0 bridgehead atoms. The summed E-state index contributed by atoms with van der Waals surface area (Å²) in [4.78, 5) is 0. The number of hydrogen-bond donors (Lipinski definition) is 0. The minimum absolute atomic E-state index is 0.948. The highest BCUT2D eigenvalue weighted by Gasteiger charge is 2.25. The molecule has 0 saturated heterocycles. The fraction of sp³-hybridized carbons (Fsp3) is 0.0400. The quantitative estimate of drug-likeness (QED) is 0.269. The minimum Gasteiger partial charge on any atom is -0.335 e. The van der Waals surface area contributed by atoms with Crippen molar-refractivity contribution in [1.29, 1.82) is 0 Å². The van der Waals surface area contributed by atoms with Gasteiger partial charge in [-0.1, -0.05) is 60.7 Å². The Hall–Kier alpha value is -3.10. The maximum absolute atomic E-state index is 2.52. The number of rotatable bonds is 0. The maximum atomic E-state index is 2.52. The average Bonchev–Trinajstić information content (AvgIpc) is 3.25. The molecule has 3 heterocycles. The molecule has 2 aromatic heterocycles. The largest absolute Gasteiger partial charge is 0.335 e. The van der Waals surface area contributed by atoms with Crippen molar-refractivity contribution in [3.05, 3.63) is 84.4 Å². The van der Waals surface area contributed by atoms with Crippen LogP contribution in [0.3, 0.4) is 0 Å². The van der Waals surface area contributed by atoms with Gasteiger partial charge in [0.25, 0.3) is 0 Å². The minimum atomic E-state index is 0.948. The Labute approximate surface area is 160 Å². The second kappa shape index (κ2) is 4.79. The van der Waals surface area contributed by atoms with E-state index in [0.717, 1.165) is 6.54 Å². The maximum Gasteiger partial charge on any atom is 0.0589 e. The van der Waals surface area contributed by atoms with Gasteiger partial charge in [-0.2, -0.15) is 0 Å². The van der Waals surface area contributed by atoms with Crippen molar-refractivity contribution in [2.75, 3.05) is 0 Å². The third-order valence-electron chi connectivity index (χ3n) is 6.01. The van der Waals surface area contributed by atoms with E-state index in [1.54, 1.807) is 0 Å². The molecule has 126 valence electrons. The van der Waals surface area contributed by atoms with Crippen LogP contribution in [-0.2, 0) is 6.54 Å². The fourth-order valence-electron chi connectivity index (χ4n) is 4.88. The van der Waals surface area contributed by atoms with Gasteiger partial charge in [0, 0.05) is 48.6 Å². The summed E-state index contributed by atoms with van der Waals surface area (Å²) in [5.74, 6) is 0. The SMILES string of the molecule is c1ccc2c(c1)Cn1c3ccccc3c3cc4c(sc5ccccc54)c-2c31. The Balaban J connectivity index is 1.85. The summed E-state index contributed by atoms with van der Waals surface area (Å²) in [6, 6.07) is 29.0.